The van der Waals surface area contributed by atoms with Crippen LogP contribution in [-0.4, -0.2) is 75.5 Å². The van der Waals surface area contributed by atoms with Gasteiger partial charge in [0.05, 0.1) is 26.4 Å². The third kappa shape index (κ3) is 7.53. The van der Waals surface area contributed by atoms with Gasteiger partial charge in [0.1, 0.15) is 5.82 Å². The van der Waals surface area contributed by atoms with Crippen LogP contribution in [0.5, 0.6) is 0 Å². The average Bonchev–Trinajstić information content (AvgIpc) is 2.86. The second-order valence-electron chi connectivity index (χ2n) is 8.02. The summed E-state index contributed by atoms with van der Waals surface area (Å²) in [4.78, 5) is 13.8. The molecule has 0 aliphatic carbocycles. The minimum Gasteiger partial charge on any atom is -0.379 e. The highest BCUT2D eigenvalue weighted by molar-refractivity contribution is 14.0. The van der Waals surface area contributed by atoms with Crippen LogP contribution in [0.2, 0.25) is 0 Å². The molecule has 2 saturated heterocycles. The molecular weight excluding hydrogens is 531 g/mol. The first-order valence-electron chi connectivity index (χ1n) is 11.4. The van der Waals surface area contributed by atoms with Gasteiger partial charge in [-0.15, -0.1) is 24.0 Å². The van der Waals surface area contributed by atoms with Gasteiger partial charge in [-0.3, -0.25) is 9.89 Å². The minimum atomic E-state index is 0. The van der Waals surface area contributed by atoms with E-state index in [1.165, 1.54) is 11.1 Å². The SMILES string of the molecule is CN=C(NCc1ccccc1CN1CCOCC1)NCc1cccnc1N1CCOCC1.I. The summed E-state index contributed by atoms with van der Waals surface area (Å²) < 4.78 is 11.0. The topological polar surface area (TPSA) is 74.2 Å². The van der Waals surface area contributed by atoms with Crippen molar-refractivity contribution < 1.29 is 9.47 Å². The Morgan fingerprint density at radius 1 is 0.879 bits per heavy atom. The van der Waals surface area contributed by atoms with E-state index in [-0.39, 0.29) is 24.0 Å². The van der Waals surface area contributed by atoms with E-state index in [2.05, 4.69) is 60.7 Å². The molecule has 0 spiro atoms. The summed E-state index contributed by atoms with van der Waals surface area (Å²) in [6.07, 6.45) is 1.85. The van der Waals surface area contributed by atoms with Gasteiger partial charge in [0.15, 0.2) is 5.96 Å². The molecule has 0 saturated carbocycles. The number of benzene rings is 1. The van der Waals surface area contributed by atoms with Gasteiger partial charge in [-0.1, -0.05) is 30.3 Å². The highest BCUT2D eigenvalue weighted by atomic mass is 127. The second-order valence-corrected chi connectivity index (χ2v) is 8.02. The Balaban J connectivity index is 0.00000306. The van der Waals surface area contributed by atoms with Crippen molar-refractivity contribution in [2.45, 2.75) is 19.6 Å². The first-order valence-corrected chi connectivity index (χ1v) is 11.4. The predicted molar refractivity (Wildman–Crippen MR) is 142 cm³/mol. The highest BCUT2D eigenvalue weighted by Crippen LogP contribution is 2.18. The van der Waals surface area contributed by atoms with E-state index < -0.39 is 0 Å². The lowest BCUT2D eigenvalue weighted by atomic mass is 10.1. The zero-order valence-electron chi connectivity index (χ0n) is 19.3. The fourth-order valence-electron chi connectivity index (χ4n) is 4.09. The van der Waals surface area contributed by atoms with Crippen LogP contribution in [0, 0.1) is 0 Å². The molecule has 0 bridgehead atoms. The fourth-order valence-corrected chi connectivity index (χ4v) is 4.09. The first-order chi connectivity index (χ1) is 15.8. The standard InChI is InChI=1S/C24H34N6O2.HI/c1-25-24(28-18-21-7-4-8-26-23(21)30-11-15-32-16-12-30)27-17-20-5-2-3-6-22(20)19-29-9-13-31-14-10-29;/h2-8H,9-19H2,1H3,(H2,25,27,28);1H. The third-order valence-electron chi connectivity index (χ3n) is 5.91. The Labute approximate surface area is 213 Å². The van der Waals surface area contributed by atoms with Crippen molar-refractivity contribution in [2.75, 3.05) is 64.6 Å². The summed E-state index contributed by atoms with van der Waals surface area (Å²) in [6, 6.07) is 12.7. The van der Waals surface area contributed by atoms with Gasteiger partial charge in [-0.2, -0.15) is 0 Å². The molecule has 1 aromatic carbocycles. The Kier molecular flexibility index (Phi) is 10.6. The molecule has 9 heteroatoms. The van der Waals surface area contributed by atoms with Crippen LogP contribution >= 0.6 is 24.0 Å². The molecular formula is C24H35IN6O2. The highest BCUT2D eigenvalue weighted by Gasteiger charge is 2.16. The summed E-state index contributed by atoms with van der Waals surface area (Å²) >= 11 is 0. The molecule has 0 atom stereocenters. The van der Waals surface area contributed by atoms with Crippen LogP contribution in [-0.2, 0) is 29.1 Å². The van der Waals surface area contributed by atoms with Crippen LogP contribution in [0.4, 0.5) is 5.82 Å². The first kappa shape index (κ1) is 25.7. The maximum Gasteiger partial charge on any atom is 0.191 e. The quantitative estimate of drug-likeness (QED) is 0.303. The number of nitrogens with zero attached hydrogens (tertiary/aromatic N) is 4. The number of guanidine groups is 1. The Bertz CT molecular complexity index is 885. The van der Waals surface area contributed by atoms with E-state index in [0.717, 1.165) is 83.0 Å². The molecule has 180 valence electrons. The molecule has 0 unspecified atom stereocenters. The summed E-state index contributed by atoms with van der Waals surface area (Å²) in [6.45, 7) is 9.19. The average molecular weight is 566 g/mol. The number of hydrogen-bond acceptors (Lipinski definition) is 6. The van der Waals surface area contributed by atoms with Gasteiger partial charge in [-0.05, 0) is 17.2 Å². The normalized spacial score (nSPS) is 17.4. The molecule has 2 aliphatic rings. The Morgan fingerprint density at radius 2 is 1.48 bits per heavy atom. The lowest BCUT2D eigenvalue weighted by Crippen LogP contribution is -2.39. The van der Waals surface area contributed by atoms with Gasteiger partial charge in [-0.25, -0.2) is 4.98 Å². The third-order valence-corrected chi connectivity index (χ3v) is 5.91. The number of aliphatic imine (C=N–C) groups is 1. The van der Waals surface area contributed by atoms with Crippen molar-refractivity contribution >= 4 is 35.8 Å². The number of hydrogen-bond donors (Lipinski definition) is 2. The number of rotatable bonds is 7. The monoisotopic (exact) mass is 566 g/mol. The molecule has 1 aromatic heterocycles. The van der Waals surface area contributed by atoms with Gasteiger partial charge < -0.3 is 25.0 Å². The molecule has 2 aliphatic heterocycles. The molecule has 3 heterocycles. The van der Waals surface area contributed by atoms with E-state index >= 15 is 0 Å². The van der Waals surface area contributed by atoms with Crippen LogP contribution < -0.4 is 15.5 Å². The van der Waals surface area contributed by atoms with Crippen molar-refractivity contribution in [2.24, 2.45) is 4.99 Å². The minimum absolute atomic E-state index is 0. The number of nitrogens with one attached hydrogen (secondary N) is 2. The van der Waals surface area contributed by atoms with Crippen molar-refractivity contribution in [1.29, 1.82) is 0 Å². The number of morpholine rings is 2. The molecule has 8 nitrogen and oxygen atoms in total. The number of anilines is 1. The summed E-state index contributed by atoms with van der Waals surface area (Å²) in [7, 11) is 1.81. The Morgan fingerprint density at radius 3 is 2.18 bits per heavy atom. The molecule has 2 fully saturated rings. The van der Waals surface area contributed by atoms with Crippen LogP contribution in [0.15, 0.2) is 47.6 Å². The van der Waals surface area contributed by atoms with E-state index in [1.807, 2.05) is 12.3 Å². The van der Waals surface area contributed by atoms with Crippen LogP contribution in [0.3, 0.4) is 0 Å². The smallest absolute Gasteiger partial charge is 0.191 e. The van der Waals surface area contributed by atoms with Crippen LogP contribution in [0.1, 0.15) is 16.7 Å². The summed E-state index contributed by atoms with van der Waals surface area (Å²) in [5.74, 6) is 1.80. The van der Waals surface area contributed by atoms with Crippen molar-refractivity contribution in [3.63, 3.8) is 0 Å². The molecule has 4 rings (SSSR count). The largest absolute Gasteiger partial charge is 0.379 e. The second kappa shape index (κ2) is 13.7. The van der Waals surface area contributed by atoms with Gasteiger partial charge >= 0.3 is 0 Å². The fraction of sp³-hybridized carbons (Fsp3) is 0.500. The van der Waals surface area contributed by atoms with E-state index in [1.54, 1.807) is 7.05 Å². The number of ether oxygens (including phenoxy) is 2. The molecule has 0 radical (unpaired) electrons. The molecule has 2 aromatic rings. The number of aromatic nitrogens is 1. The van der Waals surface area contributed by atoms with Crippen molar-refractivity contribution in [1.82, 2.24) is 20.5 Å². The number of halogens is 1. The summed E-state index contributed by atoms with van der Waals surface area (Å²) in [5, 5.41) is 6.92. The van der Waals surface area contributed by atoms with Crippen LogP contribution in [0.25, 0.3) is 0 Å². The maximum atomic E-state index is 5.48. The zero-order chi connectivity index (χ0) is 22.0. The van der Waals surface area contributed by atoms with Crippen molar-refractivity contribution in [3.05, 3.63) is 59.3 Å². The van der Waals surface area contributed by atoms with E-state index in [0.29, 0.717) is 6.54 Å². The van der Waals surface area contributed by atoms with E-state index in [9.17, 15) is 0 Å². The van der Waals surface area contributed by atoms with Gasteiger partial charge in [0.2, 0.25) is 0 Å². The lowest BCUT2D eigenvalue weighted by Gasteiger charge is -2.29. The zero-order valence-corrected chi connectivity index (χ0v) is 21.7. The summed E-state index contributed by atoms with van der Waals surface area (Å²) in [5.41, 5.74) is 3.79. The molecule has 0 amide bonds. The Hall–Kier alpha value is -1.95. The van der Waals surface area contributed by atoms with Gasteiger partial charge in [0, 0.05) is 64.6 Å². The maximum absolute atomic E-state index is 5.48. The number of pyridine rings is 1. The van der Waals surface area contributed by atoms with E-state index in [4.69, 9.17) is 9.47 Å². The van der Waals surface area contributed by atoms with Crippen molar-refractivity contribution in [3.8, 4) is 0 Å². The predicted octanol–water partition coefficient (Wildman–Crippen LogP) is 2.23. The van der Waals surface area contributed by atoms with Gasteiger partial charge in [0.25, 0.3) is 0 Å². The molecule has 33 heavy (non-hydrogen) atoms. The molecule has 2 N–H and O–H groups in total. The lowest BCUT2D eigenvalue weighted by molar-refractivity contribution is 0.0341.